The van der Waals surface area contributed by atoms with Crippen molar-refractivity contribution in [2.45, 2.75) is 57.3 Å². The van der Waals surface area contributed by atoms with Crippen LogP contribution in [-0.2, 0) is 14.3 Å². The summed E-state index contributed by atoms with van der Waals surface area (Å²) in [4.78, 5) is 14.6. The van der Waals surface area contributed by atoms with Gasteiger partial charge in [-0.15, -0.1) is 0 Å². The summed E-state index contributed by atoms with van der Waals surface area (Å²) >= 11 is 0. The molecule has 4 nitrogen and oxygen atoms in total. The number of hydrogen-bond donors (Lipinski definition) is 0. The van der Waals surface area contributed by atoms with Gasteiger partial charge >= 0.3 is 0 Å². The largest absolute Gasteiger partial charge is 0.379 e. The number of Topliss-reactive ketones (excluding diaryl/α,β-unsaturated/α-hetero) is 1. The van der Waals surface area contributed by atoms with E-state index < -0.39 is 0 Å². The van der Waals surface area contributed by atoms with E-state index in [-0.39, 0.29) is 17.5 Å². The van der Waals surface area contributed by atoms with Crippen LogP contribution in [0.2, 0.25) is 0 Å². The number of morpholine rings is 1. The van der Waals surface area contributed by atoms with E-state index in [9.17, 15) is 4.79 Å². The van der Waals surface area contributed by atoms with Gasteiger partial charge in [-0.25, -0.2) is 0 Å². The molecule has 4 heteroatoms. The molecule has 2 saturated heterocycles. The molecule has 2 rings (SSSR count). The standard InChI is InChI=1S/C14H25NO3/c1-14(2,17-3)7-6-12(16)13-9-15-8-4-5-11(15)10-18-13/h11,13H,4-10H2,1-3H3. The second kappa shape index (κ2) is 5.68. The summed E-state index contributed by atoms with van der Waals surface area (Å²) in [5.41, 5.74) is -0.222. The molecule has 2 heterocycles. The maximum absolute atomic E-state index is 12.1. The molecule has 18 heavy (non-hydrogen) atoms. The van der Waals surface area contributed by atoms with Crippen molar-refractivity contribution in [2.24, 2.45) is 0 Å². The predicted molar refractivity (Wildman–Crippen MR) is 69.7 cm³/mol. The normalized spacial score (nSPS) is 29.3. The summed E-state index contributed by atoms with van der Waals surface area (Å²) in [5, 5.41) is 0. The third-order valence-corrected chi connectivity index (χ3v) is 4.27. The average molecular weight is 255 g/mol. The number of ketones is 1. The van der Waals surface area contributed by atoms with Gasteiger partial charge < -0.3 is 9.47 Å². The zero-order valence-electron chi connectivity index (χ0n) is 11.8. The van der Waals surface area contributed by atoms with Crippen LogP contribution >= 0.6 is 0 Å². The van der Waals surface area contributed by atoms with E-state index in [1.807, 2.05) is 13.8 Å². The lowest BCUT2D eigenvalue weighted by Gasteiger charge is -2.34. The number of hydrogen-bond acceptors (Lipinski definition) is 4. The van der Waals surface area contributed by atoms with Crippen LogP contribution in [0.15, 0.2) is 0 Å². The molecule has 0 aromatic heterocycles. The Bertz CT molecular complexity index is 303. The summed E-state index contributed by atoms with van der Waals surface area (Å²) in [6, 6.07) is 0.560. The van der Waals surface area contributed by atoms with E-state index >= 15 is 0 Å². The molecule has 0 amide bonds. The van der Waals surface area contributed by atoms with Gasteiger partial charge in [0.25, 0.3) is 0 Å². The minimum atomic E-state index is -0.222. The molecule has 0 aromatic rings. The Morgan fingerprint density at radius 2 is 2.28 bits per heavy atom. The fourth-order valence-electron chi connectivity index (χ4n) is 2.70. The first kappa shape index (κ1) is 14.0. The zero-order valence-corrected chi connectivity index (χ0v) is 11.8. The van der Waals surface area contributed by atoms with E-state index in [0.29, 0.717) is 12.5 Å². The predicted octanol–water partition coefficient (Wildman–Crippen LogP) is 1.62. The topological polar surface area (TPSA) is 38.8 Å². The summed E-state index contributed by atoms with van der Waals surface area (Å²) in [7, 11) is 1.69. The summed E-state index contributed by atoms with van der Waals surface area (Å²) in [6.45, 7) is 6.67. The van der Waals surface area contributed by atoms with Crippen LogP contribution in [0.4, 0.5) is 0 Å². The van der Waals surface area contributed by atoms with Crippen LogP contribution in [0.1, 0.15) is 39.5 Å². The van der Waals surface area contributed by atoms with E-state index in [2.05, 4.69) is 4.90 Å². The second-order valence-electron chi connectivity index (χ2n) is 6.04. The highest BCUT2D eigenvalue weighted by Gasteiger charge is 2.35. The van der Waals surface area contributed by atoms with Crippen molar-refractivity contribution >= 4 is 5.78 Å². The van der Waals surface area contributed by atoms with Crippen molar-refractivity contribution in [3.63, 3.8) is 0 Å². The highest BCUT2D eigenvalue weighted by molar-refractivity contribution is 5.83. The van der Waals surface area contributed by atoms with Gasteiger partial charge in [0.05, 0.1) is 12.2 Å². The van der Waals surface area contributed by atoms with E-state index in [1.54, 1.807) is 7.11 Å². The summed E-state index contributed by atoms with van der Waals surface area (Å²) in [6.07, 6.45) is 3.55. The van der Waals surface area contributed by atoms with E-state index in [1.165, 1.54) is 12.8 Å². The van der Waals surface area contributed by atoms with E-state index in [0.717, 1.165) is 26.1 Å². The minimum Gasteiger partial charge on any atom is -0.379 e. The molecule has 0 N–H and O–H groups in total. The van der Waals surface area contributed by atoms with E-state index in [4.69, 9.17) is 9.47 Å². The van der Waals surface area contributed by atoms with Crippen LogP contribution < -0.4 is 0 Å². The van der Waals surface area contributed by atoms with Crippen LogP contribution in [0, 0.1) is 0 Å². The van der Waals surface area contributed by atoms with Gasteiger partial charge in [0.1, 0.15) is 6.10 Å². The van der Waals surface area contributed by atoms with Crippen LogP contribution in [0.3, 0.4) is 0 Å². The maximum atomic E-state index is 12.1. The smallest absolute Gasteiger partial charge is 0.162 e. The first-order valence-corrected chi connectivity index (χ1v) is 6.95. The van der Waals surface area contributed by atoms with Gasteiger partial charge in [-0.2, -0.15) is 0 Å². The Morgan fingerprint density at radius 1 is 1.50 bits per heavy atom. The fraction of sp³-hybridized carbons (Fsp3) is 0.929. The SMILES string of the molecule is COC(C)(C)CCC(=O)C1CN2CCCC2CO1. The number of carbonyl (C=O) groups is 1. The highest BCUT2D eigenvalue weighted by atomic mass is 16.5. The molecule has 0 spiro atoms. The van der Waals surface area contributed by atoms with Crippen molar-refractivity contribution in [1.82, 2.24) is 4.90 Å². The molecule has 104 valence electrons. The Morgan fingerprint density at radius 3 is 3.00 bits per heavy atom. The van der Waals surface area contributed by atoms with Gasteiger partial charge in [0, 0.05) is 26.1 Å². The molecule has 0 saturated carbocycles. The monoisotopic (exact) mass is 255 g/mol. The average Bonchev–Trinajstić information content (AvgIpc) is 2.83. The number of nitrogens with zero attached hydrogens (tertiary/aromatic N) is 1. The summed E-state index contributed by atoms with van der Waals surface area (Å²) < 4.78 is 11.1. The van der Waals surface area contributed by atoms with Gasteiger partial charge in [-0.05, 0) is 39.7 Å². The fourth-order valence-corrected chi connectivity index (χ4v) is 2.70. The lowest BCUT2D eigenvalue weighted by molar-refractivity contribution is -0.139. The number of methoxy groups -OCH3 is 1. The molecule has 0 radical (unpaired) electrons. The molecule has 2 aliphatic heterocycles. The van der Waals surface area contributed by atoms with Crippen molar-refractivity contribution in [2.75, 3.05) is 26.8 Å². The summed E-state index contributed by atoms with van der Waals surface area (Å²) in [5.74, 6) is 0.227. The minimum absolute atomic E-state index is 0.216. The van der Waals surface area contributed by atoms with Gasteiger partial charge in [0.2, 0.25) is 0 Å². The zero-order chi connectivity index (χ0) is 13.2. The lowest BCUT2D eigenvalue weighted by atomic mass is 9.98. The number of fused-ring (bicyclic) bond motifs is 1. The van der Waals surface area contributed by atoms with Crippen molar-refractivity contribution in [3.05, 3.63) is 0 Å². The Balaban J connectivity index is 1.79. The molecule has 2 unspecified atom stereocenters. The molecule has 2 fully saturated rings. The Kier molecular flexibility index (Phi) is 4.41. The van der Waals surface area contributed by atoms with Gasteiger partial charge in [0.15, 0.2) is 5.78 Å². The maximum Gasteiger partial charge on any atom is 0.162 e. The Hall–Kier alpha value is -0.450. The third kappa shape index (κ3) is 3.31. The van der Waals surface area contributed by atoms with Crippen LogP contribution in [-0.4, -0.2) is 55.2 Å². The first-order valence-electron chi connectivity index (χ1n) is 6.95. The Labute approximate surface area is 110 Å². The van der Waals surface area contributed by atoms with Crippen molar-refractivity contribution in [3.8, 4) is 0 Å². The third-order valence-electron chi connectivity index (χ3n) is 4.27. The van der Waals surface area contributed by atoms with Crippen LogP contribution in [0.25, 0.3) is 0 Å². The quantitative estimate of drug-likeness (QED) is 0.748. The van der Waals surface area contributed by atoms with Crippen molar-refractivity contribution in [1.29, 1.82) is 0 Å². The molecule has 2 aliphatic rings. The van der Waals surface area contributed by atoms with Gasteiger partial charge in [-0.1, -0.05) is 0 Å². The number of rotatable bonds is 5. The molecule has 0 aromatic carbocycles. The van der Waals surface area contributed by atoms with Gasteiger partial charge in [-0.3, -0.25) is 9.69 Å². The molecular formula is C14H25NO3. The van der Waals surface area contributed by atoms with Crippen LogP contribution in [0.5, 0.6) is 0 Å². The lowest BCUT2D eigenvalue weighted by Crippen LogP contribution is -2.49. The molecule has 2 atom stereocenters. The van der Waals surface area contributed by atoms with Crippen molar-refractivity contribution < 1.29 is 14.3 Å². The second-order valence-corrected chi connectivity index (χ2v) is 6.04. The molecule has 0 aliphatic carbocycles. The molecule has 0 bridgehead atoms. The highest BCUT2D eigenvalue weighted by Crippen LogP contribution is 2.24. The number of carbonyl (C=O) groups excluding carboxylic acids is 1. The molecular weight excluding hydrogens is 230 g/mol. The number of ether oxygens (including phenoxy) is 2. The first-order chi connectivity index (χ1) is 8.52.